The van der Waals surface area contributed by atoms with E-state index in [4.69, 9.17) is 4.74 Å². The third-order valence-corrected chi connectivity index (χ3v) is 6.75. The number of ether oxygens (including phenoxy) is 1. The standard InChI is InChI=1S/C17H33NOS/c1-4-6-14-7-8-15(18-10-5-2)17(12-14)20-16-9-11-19-13(16)3/h13-18H,4-12H2,1-3H3. The van der Waals surface area contributed by atoms with E-state index >= 15 is 0 Å². The Hall–Kier alpha value is 0.270. The van der Waals surface area contributed by atoms with Crippen LogP contribution < -0.4 is 5.32 Å². The van der Waals surface area contributed by atoms with E-state index < -0.39 is 0 Å². The molecule has 2 fully saturated rings. The highest BCUT2D eigenvalue weighted by molar-refractivity contribution is 8.00. The Bertz CT molecular complexity index is 274. The molecule has 1 aliphatic heterocycles. The molecule has 0 aromatic heterocycles. The van der Waals surface area contributed by atoms with Crippen LogP contribution in [0.25, 0.3) is 0 Å². The lowest BCUT2D eigenvalue weighted by Crippen LogP contribution is -2.44. The first kappa shape index (κ1) is 16.6. The molecule has 20 heavy (non-hydrogen) atoms. The lowest BCUT2D eigenvalue weighted by Gasteiger charge is -2.38. The normalized spacial score (nSPS) is 38.2. The van der Waals surface area contributed by atoms with Gasteiger partial charge in [0.1, 0.15) is 0 Å². The van der Waals surface area contributed by atoms with Crippen molar-refractivity contribution in [3.05, 3.63) is 0 Å². The minimum absolute atomic E-state index is 0.457. The molecule has 2 aliphatic rings. The van der Waals surface area contributed by atoms with Gasteiger partial charge in [-0.1, -0.05) is 26.7 Å². The molecule has 2 nitrogen and oxygen atoms in total. The van der Waals surface area contributed by atoms with Gasteiger partial charge >= 0.3 is 0 Å². The van der Waals surface area contributed by atoms with Crippen molar-refractivity contribution >= 4 is 11.8 Å². The first-order chi connectivity index (χ1) is 9.74. The summed E-state index contributed by atoms with van der Waals surface area (Å²) in [6, 6.07) is 0.737. The molecule has 0 aromatic carbocycles. The maximum absolute atomic E-state index is 5.76. The van der Waals surface area contributed by atoms with E-state index in [2.05, 4.69) is 37.8 Å². The van der Waals surface area contributed by atoms with E-state index in [9.17, 15) is 0 Å². The molecule has 1 saturated heterocycles. The van der Waals surface area contributed by atoms with Crippen LogP contribution in [0.1, 0.15) is 65.7 Å². The highest BCUT2D eigenvalue weighted by atomic mass is 32.2. The van der Waals surface area contributed by atoms with Gasteiger partial charge in [0, 0.05) is 23.1 Å². The van der Waals surface area contributed by atoms with E-state index in [1.165, 1.54) is 51.5 Å². The minimum Gasteiger partial charge on any atom is -0.377 e. The Kier molecular flexibility index (Phi) is 7.20. The zero-order valence-electron chi connectivity index (χ0n) is 13.6. The van der Waals surface area contributed by atoms with E-state index in [-0.39, 0.29) is 0 Å². The molecule has 1 aliphatic carbocycles. The fraction of sp³-hybridized carbons (Fsp3) is 1.00. The second-order valence-corrected chi connectivity index (χ2v) is 8.09. The topological polar surface area (TPSA) is 21.3 Å². The molecule has 1 saturated carbocycles. The van der Waals surface area contributed by atoms with E-state index in [0.717, 1.165) is 29.1 Å². The lowest BCUT2D eigenvalue weighted by atomic mass is 9.83. The van der Waals surface area contributed by atoms with Crippen LogP contribution in [0.2, 0.25) is 0 Å². The number of rotatable bonds is 7. The van der Waals surface area contributed by atoms with Crippen LogP contribution in [0.4, 0.5) is 0 Å². The van der Waals surface area contributed by atoms with Crippen LogP contribution in [0, 0.1) is 5.92 Å². The second kappa shape index (κ2) is 8.65. The van der Waals surface area contributed by atoms with Crippen LogP contribution in [-0.2, 0) is 4.74 Å². The average Bonchev–Trinajstić information content (AvgIpc) is 2.84. The van der Waals surface area contributed by atoms with E-state index in [1.807, 2.05) is 0 Å². The number of hydrogen-bond acceptors (Lipinski definition) is 3. The van der Waals surface area contributed by atoms with Gasteiger partial charge in [-0.3, -0.25) is 0 Å². The number of hydrogen-bond donors (Lipinski definition) is 1. The fourth-order valence-corrected chi connectivity index (χ4v) is 5.50. The molecule has 5 unspecified atom stereocenters. The van der Waals surface area contributed by atoms with Crippen LogP contribution in [0.3, 0.4) is 0 Å². The molecule has 0 spiro atoms. The predicted molar refractivity (Wildman–Crippen MR) is 89.5 cm³/mol. The highest BCUT2D eigenvalue weighted by Crippen LogP contribution is 2.39. The molecule has 0 amide bonds. The minimum atomic E-state index is 0.457. The maximum atomic E-state index is 5.76. The first-order valence-electron chi connectivity index (χ1n) is 8.75. The van der Waals surface area contributed by atoms with Gasteiger partial charge in [-0.05, 0) is 51.5 Å². The summed E-state index contributed by atoms with van der Waals surface area (Å²) >= 11 is 2.24. The second-order valence-electron chi connectivity index (χ2n) is 6.61. The molecule has 0 bridgehead atoms. The summed E-state index contributed by atoms with van der Waals surface area (Å²) in [6.45, 7) is 9.00. The SMILES string of the molecule is CCCNC1CCC(CCC)CC1SC1CCOC1C. The molecule has 1 heterocycles. The van der Waals surface area contributed by atoms with Crippen LogP contribution in [0.5, 0.6) is 0 Å². The van der Waals surface area contributed by atoms with Gasteiger partial charge < -0.3 is 10.1 Å². The van der Waals surface area contributed by atoms with Crippen molar-refractivity contribution < 1.29 is 4.74 Å². The highest BCUT2D eigenvalue weighted by Gasteiger charge is 2.35. The zero-order chi connectivity index (χ0) is 14.4. The molecule has 0 radical (unpaired) electrons. The van der Waals surface area contributed by atoms with Gasteiger partial charge in [0.2, 0.25) is 0 Å². The van der Waals surface area contributed by atoms with Crippen molar-refractivity contribution in [3.8, 4) is 0 Å². The van der Waals surface area contributed by atoms with Crippen LogP contribution in [0.15, 0.2) is 0 Å². The van der Waals surface area contributed by atoms with Crippen LogP contribution >= 0.6 is 11.8 Å². The average molecular weight is 300 g/mol. The molecule has 0 aromatic rings. The summed E-state index contributed by atoms with van der Waals surface area (Å²) in [7, 11) is 0. The third kappa shape index (κ3) is 4.64. The molecule has 118 valence electrons. The Morgan fingerprint density at radius 1 is 1.10 bits per heavy atom. The fourth-order valence-electron chi connectivity index (χ4n) is 3.71. The van der Waals surface area contributed by atoms with Gasteiger partial charge in [0.05, 0.1) is 6.10 Å². The summed E-state index contributed by atoms with van der Waals surface area (Å²) < 4.78 is 5.76. The number of thioether (sulfide) groups is 1. The van der Waals surface area contributed by atoms with Gasteiger partial charge in [-0.25, -0.2) is 0 Å². The van der Waals surface area contributed by atoms with Crippen molar-refractivity contribution in [2.45, 2.75) is 88.4 Å². The zero-order valence-corrected chi connectivity index (χ0v) is 14.4. The predicted octanol–water partition coefficient (Wildman–Crippen LogP) is 4.23. The van der Waals surface area contributed by atoms with Gasteiger partial charge in [-0.15, -0.1) is 0 Å². The summed E-state index contributed by atoms with van der Waals surface area (Å²) in [5.74, 6) is 0.967. The Morgan fingerprint density at radius 3 is 2.60 bits per heavy atom. The number of nitrogens with one attached hydrogen (secondary N) is 1. The van der Waals surface area contributed by atoms with Gasteiger partial charge in [0.25, 0.3) is 0 Å². The summed E-state index contributed by atoms with van der Waals surface area (Å²) in [5.41, 5.74) is 0. The van der Waals surface area contributed by atoms with Crippen molar-refractivity contribution in [3.63, 3.8) is 0 Å². The van der Waals surface area contributed by atoms with Crippen LogP contribution in [-0.4, -0.2) is 35.8 Å². The van der Waals surface area contributed by atoms with Crippen molar-refractivity contribution in [2.75, 3.05) is 13.2 Å². The molecule has 3 heteroatoms. The van der Waals surface area contributed by atoms with Crippen molar-refractivity contribution in [1.82, 2.24) is 5.32 Å². The first-order valence-corrected chi connectivity index (χ1v) is 9.69. The molecule has 1 N–H and O–H groups in total. The van der Waals surface area contributed by atoms with E-state index in [0.29, 0.717) is 6.10 Å². The summed E-state index contributed by atoms with van der Waals surface area (Å²) in [6.07, 6.45) is 9.96. The monoisotopic (exact) mass is 299 g/mol. The van der Waals surface area contributed by atoms with Gasteiger partial charge in [-0.2, -0.15) is 11.8 Å². The molecular weight excluding hydrogens is 266 g/mol. The lowest BCUT2D eigenvalue weighted by molar-refractivity contribution is 0.127. The smallest absolute Gasteiger partial charge is 0.0666 e. The summed E-state index contributed by atoms with van der Waals surface area (Å²) in [5, 5.41) is 5.35. The molecule has 2 rings (SSSR count). The Labute approximate surface area is 129 Å². The molecular formula is C17H33NOS. The Balaban J connectivity index is 1.89. The van der Waals surface area contributed by atoms with Crippen molar-refractivity contribution in [1.29, 1.82) is 0 Å². The molecule has 5 atom stereocenters. The quantitative estimate of drug-likeness (QED) is 0.760. The third-order valence-electron chi connectivity index (χ3n) is 4.91. The summed E-state index contributed by atoms with van der Waals surface area (Å²) in [4.78, 5) is 0. The Morgan fingerprint density at radius 2 is 1.95 bits per heavy atom. The van der Waals surface area contributed by atoms with Crippen molar-refractivity contribution in [2.24, 2.45) is 5.92 Å². The van der Waals surface area contributed by atoms with Gasteiger partial charge in [0.15, 0.2) is 0 Å². The van der Waals surface area contributed by atoms with E-state index in [1.54, 1.807) is 0 Å². The maximum Gasteiger partial charge on any atom is 0.0666 e. The largest absolute Gasteiger partial charge is 0.377 e.